The summed E-state index contributed by atoms with van der Waals surface area (Å²) in [5.74, 6) is 0.00757. The van der Waals surface area contributed by atoms with Crippen LogP contribution in [-0.2, 0) is 27.5 Å². The van der Waals surface area contributed by atoms with Gasteiger partial charge >= 0.3 is 6.09 Å². The highest BCUT2D eigenvalue weighted by molar-refractivity contribution is 7.98. The molecular weight excluding hydrogens is 849 g/mol. The van der Waals surface area contributed by atoms with Gasteiger partial charge in [0.15, 0.2) is 0 Å². The van der Waals surface area contributed by atoms with Crippen LogP contribution in [0.2, 0.25) is 0 Å². The molecule has 6 atom stereocenters. The number of oxime groups is 1. The molecule has 3 aliphatic rings. The Labute approximate surface area is 393 Å². The number of carbonyl (C=O) groups is 1. The Balaban J connectivity index is 1.34. The molecule has 10 nitrogen and oxygen atoms in total. The van der Waals surface area contributed by atoms with Gasteiger partial charge in [-0.2, -0.15) is 0 Å². The number of thioether (sulfide) groups is 1. The van der Waals surface area contributed by atoms with Crippen LogP contribution in [0.25, 0.3) is 10.8 Å². The standard InChI is InChI=1S/C55H62N2O8S/c1-4-32-62-55-51(57(54(60)61-5-2)36-41-21-15-20-39-18-9-10-22-45(39)41)35-49(56-63-37-38-16-7-6-8-17-38)47-33-40(19-11-13-30-58)46(23-12-14-31-59)52(53(47)55)48-34-43(26-29-50(48)65-55)64-42-24-27-44(66-3)28-25-42/h4,6-10,15-18,20-22,24-29,33-34,40,46,51-53,58-59H,1,5,11-14,19,23,30-32,35-37H2,2-3H3. The van der Waals surface area contributed by atoms with Gasteiger partial charge in [-0.1, -0.05) is 103 Å². The van der Waals surface area contributed by atoms with Crippen LogP contribution in [0.4, 0.5) is 4.79 Å². The number of amides is 1. The molecule has 0 spiro atoms. The number of nitrogens with zero attached hydrogens (tertiary/aromatic N) is 2. The van der Waals surface area contributed by atoms with E-state index in [1.807, 2.05) is 79.7 Å². The highest BCUT2D eigenvalue weighted by atomic mass is 32.2. The fourth-order valence-electron chi connectivity index (χ4n) is 10.4. The van der Waals surface area contributed by atoms with E-state index in [4.69, 9.17) is 28.9 Å². The molecule has 11 heteroatoms. The summed E-state index contributed by atoms with van der Waals surface area (Å²) in [5.41, 5.74) is 4.58. The summed E-state index contributed by atoms with van der Waals surface area (Å²) in [4.78, 5) is 24.0. The topological polar surface area (TPSA) is 119 Å². The van der Waals surface area contributed by atoms with Crippen LogP contribution in [0.15, 0.2) is 150 Å². The quantitative estimate of drug-likeness (QED) is 0.0321. The summed E-state index contributed by atoms with van der Waals surface area (Å²) in [5, 5.41) is 27.2. The van der Waals surface area contributed by atoms with Gasteiger partial charge in [-0.15, -0.1) is 18.3 Å². The second-order valence-electron chi connectivity index (χ2n) is 17.3. The summed E-state index contributed by atoms with van der Waals surface area (Å²) >= 11 is 1.68. The van der Waals surface area contributed by atoms with Gasteiger partial charge < -0.3 is 34.0 Å². The Morgan fingerprint density at radius 3 is 2.41 bits per heavy atom. The predicted molar refractivity (Wildman–Crippen MR) is 261 cm³/mol. The zero-order valence-corrected chi connectivity index (χ0v) is 38.9. The first-order valence-corrected chi connectivity index (χ1v) is 24.6. The number of rotatable bonds is 21. The lowest BCUT2D eigenvalue weighted by molar-refractivity contribution is -0.256. The highest BCUT2D eigenvalue weighted by Gasteiger charge is 2.65. The van der Waals surface area contributed by atoms with Crippen LogP contribution in [-0.4, -0.2) is 71.4 Å². The molecule has 5 aromatic rings. The maximum atomic E-state index is 14.8. The molecule has 1 heterocycles. The van der Waals surface area contributed by atoms with Crippen molar-refractivity contribution < 1.29 is 38.8 Å². The first-order chi connectivity index (χ1) is 32.4. The van der Waals surface area contributed by atoms with Gasteiger partial charge in [0.1, 0.15) is 29.9 Å². The first kappa shape index (κ1) is 46.9. The fraction of sp³-hybridized carbons (Fsp3) is 0.382. The second-order valence-corrected chi connectivity index (χ2v) is 18.2. The predicted octanol–water partition coefficient (Wildman–Crippen LogP) is 11.8. The van der Waals surface area contributed by atoms with E-state index >= 15 is 0 Å². The van der Waals surface area contributed by atoms with Crippen LogP contribution in [0.5, 0.6) is 17.2 Å². The lowest BCUT2D eigenvalue weighted by Gasteiger charge is -2.59. The Hall–Kier alpha value is -5.59. The van der Waals surface area contributed by atoms with E-state index in [9.17, 15) is 15.0 Å². The van der Waals surface area contributed by atoms with Gasteiger partial charge in [-0.3, -0.25) is 4.90 Å². The fourth-order valence-corrected chi connectivity index (χ4v) is 10.8. The second kappa shape index (κ2) is 22.3. The van der Waals surface area contributed by atoms with Crippen LogP contribution in [0, 0.1) is 17.8 Å². The number of unbranched alkanes of at least 4 members (excludes halogenated alkanes) is 2. The molecule has 1 aliphatic heterocycles. The van der Waals surface area contributed by atoms with Crippen molar-refractivity contribution in [3.8, 4) is 17.2 Å². The monoisotopic (exact) mass is 910 g/mol. The lowest BCUT2D eigenvalue weighted by Crippen LogP contribution is -2.70. The van der Waals surface area contributed by atoms with Crippen molar-refractivity contribution in [1.29, 1.82) is 0 Å². The van der Waals surface area contributed by atoms with E-state index in [1.165, 1.54) is 0 Å². The summed E-state index contributed by atoms with van der Waals surface area (Å²) in [6.45, 7) is 6.90. The summed E-state index contributed by atoms with van der Waals surface area (Å²) < 4.78 is 27.2. The molecule has 0 aromatic heterocycles. The molecule has 346 valence electrons. The van der Waals surface area contributed by atoms with Gasteiger partial charge in [0, 0.05) is 36.0 Å². The molecule has 6 unspecified atom stereocenters. The summed E-state index contributed by atoms with van der Waals surface area (Å²) in [6.07, 6.45) is 10.5. The molecule has 0 saturated heterocycles. The molecule has 8 rings (SSSR count). The van der Waals surface area contributed by atoms with Crippen LogP contribution < -0.4 is 9.47 Å². The smallest absolute Gasteiger partial charge is 0.410 e. The average molecular weight is 911 g/mol. The largest absolute Gasteiger partial charge is 0.459 e. The number of carbonyl (C=O) groups excluding carboxylic acids is 1. The first-order valence-electron chi connectivity index (χ1n) is 23.4. The van der Waals surface area contributed by atoms with E-state index in [0.717, 1.165) is 69.4 Å². The molecule has 0 radical (unpaired) electrons. The molecule has 66 heavy (non-hydrogen) atoms. The van der Waals surface area contributed by atoms with E-state index in [-0.39, 0.29) is 63.8 Å². The lowest BCUT2D eigenvalue weighted by atomic mass is 9.55. The van der Waals surface area contributed by atoms with Gasteiger partial charge in [0.05, 0.1) is 31.4 Å². The number of allylic oxidation sites excluding steroid dienone is 1. The van der Waals surface area contributed by atoms with Gasteiger partial charge in [-0.05, 0) is 121 Å². The van der Waals surface area contributed by atoms with Crippen molar-refractivity contribution in [2.45, 2.75) is 87.7 Å². The summed E-state index contributed by atoms with van der Waals surface area (Å²) in [7, 11) is 0. The molecule has 1 amide bonds. The third-order valence-corrected chi connectivity index (χ3v) is 14.0. The number of hydrogen-bond acceptors (Lipinski definition) is 10. The summed E-state index contributed by atoms with van der Waals surface area (Å²) in [6, 6.07) is 37.6. The third-order valence-electron chi connectivity index (χ3n) is 13.3. The van der Waals surface area contributed by atoms with Crippen LogP contribution >= 0.6 is 11.8 Å². The van der Waals surface area contributed by atoms with Crippen LogP contribution in [0.1, 0.15) is 74.5 Å². The minimum absolute atomic E-state index is 0.0498. The van der Waals surface area contributed by atoms with Crippen molar-refractivity contribution in [1.82, 2.24) is 4.90 Å². The number of fused-ring (bicyclic) bond motifs is 3. The van der Waals surface area contributed by atoms with Crippen molar-refractivity contribution in [2.75, 3.05) is 32.7 Å². The molecule has 0 bridgehead atoms. The average Bonchev–Trinajstić information content (AvgIpc) is 3.34. The number of benzene rings is 5. The molecule has 5 aromatic carbocycles. The Morgan fingerprint density at radius 1 is 0.909 bits per heavy atom. The molecule has 1 saturated carbocycles. The zero-order chi connectivity index (χ0) is 45.9. The van der Waals surface area contributed by atoms with Gasteiger partial charge in [-0.25, -0.2) is 4.79 Å². The van der Waals surface area contributed by atoms with Crippen LogP contribution in [0.3, 0.4) is 0 Å². The van der Waals surface area contributed by atoms with E-state index in [1.54, 1.807) is 22.7 Å². The number of aliphatic hydroxyl groups excluding tert-OH is 2. The Bertz CT molecular complexity index is 2470. The highest BCUT2D eigenvalue weighted by Crippen LogP contribution is 2.62. The number of ether oxygens (including phenoxy) is 4. The molecule has 2 N–H and O–H groups in total. The van der Waals surface area contributed by atoms with Crippen molar-refractivity contribution in [2.24, 2.45) is 22.9 Å². The maximum absolute atomic E-state index is 14.8. The minimum Gasteiger partial charge on any atom is -0.459 e. The molecule has 2 aliphatic carbocycles. The Morgan fingerprint density at radius 2 is 1.65 bits per heavy atom. The van der Waals surface area contributed by atoms with Crippen molar-refractivity contribution in [3.63, 3.8) is 0 Å². The van der Waals surface area contributed by atoms with Gasteiger partial charge in [0.25, 0.3) is 0 Å². The van der Waals surface area contributed by atoms with E-state index < -0.39 is 23.8 Å². The SMILES string of the molecule is C=CCOC12Oc3ccc(Oc4ccc(SC)cc4)cc3C3C(CCCCO)C(CCCCO)C=C(C(=NOCc4ccccc4)CC1N(Cc1cccc4ccccc14)C(=O)OCC)C32. The molecule has 1 fully saturated rings. The maximum Gasteiger partial charge on any atom is 0.410 e. The normalized spacial score (nSPS) is 22.4. The Kier molecular flexibility index (Phi) is 15.8. The minimum atomic E-state index is -1.45. The van der Waals surface area contributed by atoms with E-state index in [0.29, 0.717) is 30.1 Å². The third kappa shape index (κ3) is 10.2. The van der Waals surface area contributed by atoms with Crippen molar-refractivity contribution >= 4 is 34.3 Å². The number of aliphatic hydroxyl groups is 2. The zero-order valence-electron chi connectivity index (χ0n) is 38.1. The number of hydrogen-bond donors (Lipinski definition) is 2. The van der Waals surface area contributed by atoms with E-state index in [2.05, 4.69) is 61.4 Å². The van der Waals surface area contributed by atoms with Crippen molar-refractivity contribution in [3.05, 3.63) is 156 Å². The molecular formula is C55H62N2O8S. The van der Waals surface area contributed by atoms with Gasteiger partial charge in [0.2, 0.25) is 5.79 Å².